The molecule has 150 valence electrons. The molecule has 2 aromatic carbocycles. The van der Waals surface area contributed by atoms with Gasteiger partial charge in [0.1, 0.15) is 13.1 Å². The van der Waals surface area contributed by atoms with Crippen molar-refractivity contribution in [1.29, 1.82) is 0 Å². The van der Waals surface area contributed by atoms with Crippen LogP contribution in [0.15, 0.2) is 60.7 Å². The number of para-hydroxylation sites is 2. The van der Waals surface area contributed by atoms with Crippen LogP contribution in [0.5, 0.6) is 0 Å². The Hall–Kier alpha value is -3.02. The Balaban J connectivity index is 2.13. The van der Waals surface area contributed by atoms with Crippen molar-refractivity contribution in [3.05, 3.63) is 60.7 Å². The minimum Gasteiger partial charge on any atom is -0.465 e. The highest BCUT2D eigenvalue weighted by atomic mass is 16.5. The van der Waals surface area contributed by atoms with Crippen LogP contribution in [0.3, 0.4) is 0 Å². The molecule has 0 saturated carbocycles. The molecule has 0 aliphatic carbocycles. The molecule has 0 fully saturated rings. The monoisotopic (exact) mass is 384 g/mol. The minimum atomic E-state index is -0.275. The maximum absolute atomic E-state index is 12.1. The molecule has 0 bridgehead atoms. The zero-order valence-electron chi connectivity index (χ0n) is 16.5. The van der Waals surface area contributed by atoms with Gasteiger partial charge >= 0.3 is 11.9 Å². The molecule has 2 aromatic rings. The largest absolute Gasteiger partial charge is 0.465 e. The minimum absolute atomic E-state index is 0.153. The SMILES string of the molecule is CCOC(=O)CN(CCN(CC(=O)OCC)c1ccccc1)c1ccccc1. The summed E-state index contributed by atoms with van der Waals surface area (Å²) in [5, 5.41) is 0. The third kappa shape index (κ3) is 6.95. The van der Waals surface area contributed by atoms with E-state index in [1.807, 2.05) is 70.5 Å². The molecule has 6 nitrogen and oxygen atoms in total. The van der Waals surface area contributed by atoms with Crippen LogP contribution in [0, 0.1) is 0 Å². The van der Waals surface area contributed by atoms with E-state index in [2.05, 4.69) is 0 Å². The molecule has 0 aromatic heterocycles. The van der Waals surface area contributed by atoms with Gasteiger partial charge in [-0.25, -0.2) is 0 Å². The van der Waals surface area contributed by atoms with Crippen LogP contribution >= 0.6 is 0 Å². The van der Waals surface area contributed by atoms with Crippen LogP contribution in [-0.4, -0.2) is 51.3 Å². The lowest BCUT2D eigenvalue weighted by molar-refractivity contribution is -0.142. The van der Waals surface area contributed by atoms with E-state index in [1.165, 1.54) is 0 Å². The molecule has 0 N–H and O–H groups in total. The zero-order chi connectivity index (χ0) is 20.2. The van der Waals surface area contributed by atoms with Crippen molar-refractivity contribution < 1.29 is 19.1 Å². The van der Waals surface area contributed by atoms with Gasteiger partial charge in [0.05, 0.1) is 13.2 Å². The van der Waals surface area contributed by atoms with Crippen LogP contribution in [0.2, 0.25) is 0 Å². The van der Waals surface area contributed by atoms with E-state index in [1.54, 1.807) is 13.8 Å². The van der Waals surface area contributed by atoms with Gasteiger partial charge in [0.2, 0.25) is 0 Å². The van der Waals surface area contributed by atoms with E-state index in [9.17, 15) is 9.59 Å². The molecule has 6 heteroatoms. The Morgan fingerprint density at radius 1 is 0.679 bits per heavy atom. The van der Waals surface area contributed by atoms with Gasteiger partial charge in [-0.3, -0.25) is 9.59 Å². The second-order valence-electron chi connectivity index (χ2n) is 6.12. The van der Waals surface area contributed by atoms with Gasteiger partial charge in [0.15, 0.2) is 0 Å². The molecule has 0 atom stereocenters. The van der Waals surface area contributed by atoms with Crippen LogP contribution in [-0.2, 0) is 19.1 Å². The normalized spacial score (nSPS) is 10.2. The molecule has 28 heavy (non-hydrogen) atoms. The highest BCUT2D eigenvalue weighted by Gasteiger charge is 2.17. The average molecular weight is 384 g/mol. The maximum atomic E-state index is 12.1. The Morgan fingerprint density at radius 3 is 1.36 bits per heavy atom. The molecular formula is C22H28N2O4. The lowest BCUT2D eigenvalue weighted by Crippen LogP contribution is -2.40. The number of ether oxygens (including phenoxy) is 2. The van der Waals surface area contributed by atoms with Gasteiger partial charge in [-0.1, -0.05) is 36.4 Å². The second kappa shape index (κ2) is 11.6. The van der Waals surface area contributed by atoms with E-state index < -0.39 is 0 Å². The molecule has 0 radical (unpaired) electrons. The van der Waals surface area contributed by atoms with E-state index >= 15 is 0 Å². The van der Waals surface area contributed by atoms with E-state index in [4.69, 9.17) is 9.47 Å². The standard InChI is InChI=1S/C22H28N2O4/c1-3-27-21(25)17-23(19-11-7-5-8-12-19)15-16-24(18-22(26)28-4-2)20-13-9-6-10-14-20/h5-14H,3-4,15-18H2,1-2H3. The Morgan fingerprint density at radius 2 is 1.04 bits per heavy atom. The number of rotatable bonds is 11. The summed E-state index contributed by atoms with van der Waals surface area (Å²) >= 11 is 0. The first-order valence-electron chi connectivity index (χ1n) is 9.55. The summed E-state index contributed by atoms with van der Waals surface area (Å²) in [6.45, 7) is 5.69. The smallest absolute Gasteiger partial charge is 0.325 e. The number of anilines is 2. The summed E-state index contributed by atoms with van der Waals surface area (Å²) in [4.78, 5) is 28.0. The number of carbonyl (C=O) groups excluding carboxylic acids is 2. The average Bonchev–Trinajstić information content (AvgIpc) is 2.71. The van der Waals surface area contributed by atoms with Crippen molar-refractivity contribution >= 4 is 23.3 Å². The number of esters is 2. The maximum Gasteiger partial charge on any atom is 0.325 e. The van der Waals surface area contributed by atoms with Crippen LogP contribution in [0.1, 0.15) is 13.8 Å². The molecule has 0 aliphatic rings. The fraction of sp³-hybridized carbons (Fsp3) is 0.364. The highest BCUT2D eigenvalue weighted by Crippen LogP contribution is 2.16. The molecule has 0 aliphatic heterocycles. The summed E-state index contributed by atoms with van der Waals surface area (Å²) in [6.07, 6.45) is 0. The lowest BCUT2D eigenvalue weighted by Gasteiger charge is -2.29. The molecule has 0 amide bonds. The van der Waals surface area contributed by atoms with Crippen molar-refractivity contribution in [2.75, 3.05) is 49.2 Å². The van der Waals surface area contributed by atoms with E-state index in [0.717, 1.165) is 11.4 Å². The predicted octanol–water partition coefficient (Wildman–Crippen LogP) is 3.13. The van der Waals surface area contributed by atoms with Gasteiger partial charge in [-0.05, 0) is 38.1 Å². The molecule has 0 spiro atoms. The van der Waals surface area contributed by atoms with Gasteiger partial charge < -0.3 is 19.3 Å². The third-order valence-corrected chi connectivity index (χ3v) is 4.13. The van der Waals surface area contributed by atoms with Gasteiger partial charge in [0, 0.05) is 24.5 Å². The molecular weight excluding hydrogens is 356 g/mol. The molecule has 0 heterocycles. The summed E-state index contributed by atoms with van der Waals surface area (Å²) in [5.41, 5.74) is 1.86. The summed E-state index contributed by atoms with van der Waals surface area (Å²) < 4.78 is 10.2. The topological polar surface area (TPSA) is 59.1 Å². The van der Waals surface area contributed by atoms with E-state index in [0.29, 0.717) is 26.3 Å². The first-order valence-corrected chi connectivity index (χ1v) is 9.55. The summed E-state index contributed by atoms with van der Waals surface area (Å²) in [7, 11) is 0. The van der Waals surface area contributed by atoms with Gasteiger partial charge in [-0.15, -0.1) is 0 Å². The van der Waals surface area contributed by atoms with Crippen molar-refractivity contribution in [2.24, 2.45) is 0 Å². The van der Waals surface area contributed by atoms with Gasteiger partial charge in [-0.2, -0.15) is 0 Å². The molecule has 2 rings (SSSR count). The van der Waals surface area contributed by atoms with Gasteiger partial charge in [0.25, 0.3) is 0 Å². The zero-order valence-corrected chi connectivity index (χ0v) is 16.5. The number of hydrogen-bond acceptors (Lipinski definition) is 6. The van der Waals surface area contributed by atoms with Crippen LogP contribution in [0.25, 0.3) is 0 Å². The number of nitrogens with zero attached hydrogens (tertiary/aromatic N) is 2. The first kappa shape index (κ1) is 21.3. The fourth-order valence-corrected chi connectivity index (χ4v) is 2.84. The quantitative estimate of drug-likeness (QED) is 0.555. The lowest BCUT2D eigenvalue weighted by atomic mass is 10.2. The summed E-state index contributed by atoms with van der Waals surface area (Å²) in [6, 6.07) is 19.4. The van der Waals surface area contributed by atoms with Crippen molar-refractivity contribution in [3.63, 3.8) is 0 Å². The third-order valence-electron chi connectivity index (χ3n) is 4.13. The fourth-order valence-electron chi connectivity index (χ4n) is 2.84. The molecule has 0 unspecified atom stereocenters. The number of carbonyl (C=O) groups is 2. The van der Waals surface area contributed by atoms with Crippen LogP contribution < -0.4 is 9.80 Å². The Bertz CT molecular complexity index is 658. The number of benzene rings is 2. The van der Waals surface area contributed by atoms with Crippen molar-refractivity contribution in [1.82, 2.24) is 0 Å². The molecule has 0 saturated heterocycles. The Labute approximate surface area is 166 Å². The van der Waals surface area contributed by atoms with Crippen LogP contribution in [0.4, 0.5) is 11.4 Å². The van der Waals surface area contributed by atoms with Crippen molar-refractivity contribution in [2.45, 2.75) is 13.8 Å². The summed E-state index contributed by atoms with van der Waals surface area (Å²) in [5.74, 6) is -0.550. The predicted molar refractivity (Wildman–Crippen MR) is 111 cm³/mol. The second-order valence-corrected chi connectivity index (χ2v) is 6.12. The van der Waals surface area contributed by atoms with Crippen molar-refractivity contribution in [3.8, 4) is 0 Å². The Kier molecular flexibility index (Phi) is 8.85. The first-order chi connectivity index (χ1) is 13.6. The van der Waals surface area contributed by atoms with E-state index in [-0.39, 0.29) is 25.0 Å². The highest BCUT2D eigenvalue weighted by molar-refractivity contribution is 5.77. The number of hydrogen-bond donors (Lipinski definition) is 0.